The van der Waals surface area contributed by atoms with Crippen LogP contribution in [0.15, 0.2) is 85.3 Å². The third-order valence-corrected chi connectivity index (χ3v) is 7.01. The number of carbonyl (C=O) groups excluding carboxylic acids is 1. The van der Waals surface area contributed by atoms with Crippen molar-refractivity contribution in [1.82, 2.24) is 14.9 Å². The van der Waals surface area contributed by atoms with E-state index in [0.717, 1.165) is 24.8 Å². The number of imidazole rings is 1. The first-order valence-electron chi connectivity index (χ1n) is 12.9. The smallest absolute Gasteiger partial charge is 0.371 e. The van der Waals surface area contributed by atoms with Crippen LogP contribution in [-0.4, -0.2) is 27.6 Å². The molecule has 0 bridgehead atoms. The zero-order chi connectivity index (χ0) is 29.2. The summed E-state index contributed by atoms with van der Waals surface area (Å²) in [5.74, 6) is -0.375. The molecule has 0 radical (unpaired) electrons. The van der Waals surface area contributed by atoms with Gasteiger partial charge in [-0.3, -0.25) is 9.36 Å². The number of hydrogen-bond donors (Lipinski definition) is 1. The molecule has 0 unspecified atom stereocenters. The Balaban J connectivity index is 1.32. The number of carbonyl (C=O) groups is 1. The van der Waals surface area contributed by atoms with Crippen molar-refractivity contribution in [3.05, 3.63) is 108 Å². The number of rotatable bonds is 7. The molecular weight excluding hydrogens is 548 g/mol. The van der Waals surface area contributed by atoms with Gasteiger partial charge in [0.25, 0.3) is 5.91 Å². The molecule has 1 fully saturated rings. The molecule has 4 aromatic rings. The lowest BCUT2D eigenvalue weighted by Crippen LogP contribution is -2.41. The summed E-state index contributed by atoms with van der Waals surface area (Å²) >= 11 is 0. The lowest BCUT2D eigenvalue weighted by Gasteiger charge is -2.22. The predicted octanol–water partition coefficient (Wildman–Crippen LogP) is 7.44. The van der Waals surface area contributed by atoms with E-state index >= 15 is 0 Å². The summed E-state index contributed by atoms with van der Waals surface area (Å²) in [5.41, 5.74) is -1.14. The van der Waals surface area contributed by atoms with Gasteiger partial charge < -0.3 is 10.1 Å². The molecule has 1 saturated carbocycles. The fraction of sp³-hybridized carbons (Fsp3) is 0.267. The van der Waals surface area contributed by atoms with Gasteiger partial charge in [0.2, 0.25) is 0 Å². The molecule has 0 saturated heterocycles. The van der Waals surface area contributed by atoms with Gasteiger partial charge in [0.05, 0.1) is 42.4 Å². The van der Waals surface area contributed by atoms with Crippen LogP contribution in [0, 0.1) is 0 Å². The maximum Gasteiger partial charge on any atom is 0.416 e. The van der Waals surface area contributed by atoms with Crippen LogP contribution in [0.3, 0.4) is 0 Å². The minimum Gasteiger partial charge on any atom is -0.371 e. The molecule has 1 amide bonds. The van der Waals surface area contributed by atoms with Crippen LogP contribution in [0.25, 0.3) is 16.8 Å². The molecule has 11 heteroatoms. The highest BCUT2D eigenvalue weighted by Crippen LogP contribution is 2.38. The molecule has 214 valence electrons. The van der Waals surface area contributed by atoms with Gasteiger partial charge in [-0.1, -0.05) is 42.5 Å². The van der Waals surface area contributed by atoms with E-state index in [4.69, 9.17) is 4.74 Å². The highest BCUT2D eigenvalue weighted by atomic mass is 19.4. The van der Waals surface area contributed by atoms with Crippen LogP contribution in [0.4, 0.5) is 26.3 Å². The van der Waals surface area contributed by atoms with E-state index in [1.165, 1.54) is 41.4 Å². The molecule has 1 aromatic heterocycles. The van der Waals surface area contributed by atoms with Crippen molar-refractivity contribution < 1.29 is 35.9 Å². The average molecular weight is 574 g/mol. The summed E-state index contributed by atoms with van der Waals surface area (Å²) in [4.78, 5) is 17.3. The van der Waals surface area contributed by atoms with Crippen LogP contribution < -0.4 is 5.32 Å². The first-order chi connectivity index (χ1) is 19.5. The summed E-state index contributed by atoms with van der Waals surface area (Å²) in [6.45, 7) is 0.429. The number of benzene rings is 3. The summed E-state index contributed by atoms with van der Waals surface area (Å²) < 4.78 is 87.3. The van der Waals surface area contributed by atoms with Gasteiger partial charge in [-0.05, 0) is 66.3 Å². The van der Waals surface area contributed by atoms with Crippen molar-refractivity contribution >= 4 is 5.91 Å². The zero-order valence-electron chi connectivity index (χ0n) is 21.5. The highest BCUT2D eigenvalue weighted by molar-refractivity contribution is 5.93. The van der Waals surface area contributed by atoms with Crippen LogP contribution >= 0.6 is 0 Å². The van der Waals surface area contributed by atoms with Gasteiger partial charge in [-0.25, -0.2) is 4.98 Å². The van der Waals surface area contributed by atoms with E-state index in [0.29, 0.717) is 24.4 Å². The van der Waals surface area contributed by atoms with Crippen molar-refractivity contribution in [3.8, 4) is 16.8 Å². The number of nitrogens with one attached hydrogen (secondary N) is 1. The average Bonchev–Trinajstić information content (AvgIpc) is 3.61. The minimum absolute atomic E-state index is 0.0931. The first-order valence-corrected chi connectivity index (χ1v) is 12.9. The van der Waals surface area contributed by atoms with E-state index in [-0.39, 0.29) is 40.9 Å². The lowest BCUT2D eigenvalue weighted by molar-refractivity contribution is -0.143. The molecule has 1 heterocycles. The highest BCUT2D eigenvalue weighted by Gasteiger charge is 2.37. The Morgan fingerprint density at radius 2 is 1.54 bits per heavy atom. The Labute approximate surface area is 231 Å². The second kappa shape index (κ2) is 11.4. The van der Waals surface area contributed by atoms with Crippen LogP contribution in [0.1, 0.15) is 46.4 Å². The molecule has 1 N–H and O–H groups in total. The van der Waals surface area contributed by atoms with Crippen LogP contribution in [0.5, 0.6) is 0 Å². The van der Waals surface area contributed by atoms with Gasteiger partial charge in [-0.15, -0.1) is 0 Å². The van der Waals surface area contributed by atoms with E-state index in [1.54, 1.807) is 0 Å². The maximum atomic E-state index is 13.3. The lowest BCUT2D eigenvalue weighted by atomic mass is 9.99. The van der Waals surface area contributed by atoms with Crippen LogP contribution in [0.2, 0.25) is 0 Å². The molecule has 0 spiro atoms. The number of aromatic nitrogens is 2. The fourth-order valence-corrected chi connectivity index (χ4v) is 4.92. The Hall–Kier alpha value is -4.12. The second-order valence-electron chi connectivity index (χ2n) is 9.84. The molecule has 5 nitrogen and oxygen atoms in total. The van der Waals surface area contributed by atoms with Gasteiger partial charge >= 0.3 is 12.4 Å². The minimum atomic E-state index is -4.94. The number of hydrogen-bond acceptors (Lipinski definition) is 3. The normalized spacial score (nSPS) is 17.5. The van der Waals surface area contributed by atoms with Gasteiger partial charge in [0, 0.05) is 5.69 Å². The molecule has 2 atom stereocenters. The molecule has 5 rings (SSSR count). The van der Waals surface area contributed by atoms with E-state index in [2.05, 4.69) is 10.3 Å². The first kappa shape index (κ1) is 28.4. The standard InChI is InChI=1S/C30H25F6N3O2/c31-29(32,33)22-13-21(14-23(15-22)30(34,35)36)20-9-11-24(12-10-20)39-18-37-16-26(39)28(40)38-25-7-4-8-27(25)41-17-19-5-2-1-3-6-19/h1-3,5-6,9-16,18,25,27H,4,7-8,17H2,(H,38,40)/t25-,27+/m0/s1. The Kier molecular flexibility index (Phi) is 7.90. The number of halogens is 6. The monoisotopic (exact) mass is 573 g/mol. The molecule has 41 heavy (non-hydrogen) atoms. The number of ether oxygens (including phenoxy) is 1. The van der Waals surface area contributed by atoms with Gasteiger partial charge in [0.15, 0.2) is 0 Å². The van der Waals surface area contributed by atoms with Crippen molar-refractivity contribution in [2.75, 3.05) is 0 Å². The Morgan fingerprint density at radius 3 is 2.17 bits per heavy atom. The predicted molar refractivity (Wildman–Crippen MR) is 139 cm³/mol. The topological polar surface area (TPSA) is 56.1 Å². The maximum absolute atomic E-state index is 13.3. The fourth-order valence-electron chi connectivity index (χ4n) is 4.92. The van der Waals surface area contributed by atoms with Crippen molar-refractivity contribution in [2.24, 2.45) is 0 Å². The van der Waals surface area contributed by atoms with Crippen molar-refractivity contribution in [2.45, 2.75) is 50.4 Å². The quantitative estimate of drug-likeness (QED) is 0.234. The summed E-state index contributed by atoms with van der Waals surface area (Å²) in [6.07, 6.45) is -4.77. The van der Waals surface area contributed by atoms with Crippen LogP contribution in [-0.2, 0) is 23.7 Å². The molecule has 1 aliphatic rings. The summed E-state index contributed by atoms with van der Waals surface area (Å²) in [5, 5.41) is 3.02. The second-order valence-corrected chi connectivity index (χ2v) is 9.84. The van der Waals surface area contributed by atoms with E-state index in [9.17, 15) is 31.1 Å². The third-order valence-electron chi connectivity index (χ3n) is 7.01. The summed E-state index contributed by atoms with van der Waals surface area (Å²) in [6, 6.07) is 16.8. The summed E-state index contributed by atoms with van der Waals surface area (Å²) in [7, 11) is 0. The van der Waals surface area contributed by atoms with Gasteiger partial charge in [0.1, 0.15) is 5.69 Å². The molecule has 0 aliphatic heterocycles. The SMILES string of the molecule is O=C(N[C@H]1CCC[C@H]1OCc1ccccc1)c1cncn1-c1ccc(-c2cc(C(F)(F)F)cc(C(F)(F)F)c2)cc1. The molecular formula is C30H25F6N3O2. The zero-order valence-corrected chi connectivity index (χ0v) is 21.5. The van der Waals surface area contributed by atoms with E-state index < -0.39 is 23.5 Å². The van der Waals surface area contributed by atoms with E-state index in [1.807, 2.05) is 30.3 Å². The third kappa shape index (κ3) is 6.62. The molecule has 1 aliphatic carbocycles. The Morgan fingerprint density at radius 1 is 0.878 bits per heavy atom. The largest absolute Gasteiger partial charge is 0.416 e. The number of nitrogens with zero attached hydrogens (tertiary/aromatic N) is 2. The Bertz CT molecular complexity index is 1470. The van der Waals surface area contributed by atoms with Crippen molar-refractivity contribution in [1.29, 1.82) is 0 Å². The number of amides is 1. The van der Waals surface area contributed by atoms with Crippen molar-refractivity contribution in [3.63, 3.8) is 0 Å². The van der Waals surface area contributed by atoms with Gasteiger partial charge in [-0.2, -0.15) is 26.3 Å². The molecule has 3 aromatic carbocycles. The number of alkyl halides is 6.